The Morgan fingerprint density at radius 1 is 1.38 bits per heavy atom. The van der Waals surface area contributed by atoms with Gasteiger partial charge in [0.1, 0.15) is 5.82 Å². The normalized spacial score (nSPS) is 17.7. The van der Waals surface area contributed by atoms with Gasteiger partial charge in [-0.3, -0.25) is 9.78 Å². The third-order valence-corrected chi connectivity index (χ3v) is 4.98. The molecule has 0 bridgehead atoms. The van der Waals surface area contributed by atoms with Crippen molar-refractivity contribution in [3.05, 3.63) is 47.3 Å². The molecule has 3 rings (SSSR count). The third-order valence-electron chi connectivity index (χ3n) is 4.78. The molecule has 6 nitrogen and oxygen atoms in total. The van der Waals surface area contributed by atoms with Gasteiger partial charge in [0.2, 0.25) is 0 Å². The molecule has 2 aromatic heterocycles. The second kappa shape index (κ2) is 8.64. The minimum Gasteiger partial charge on any atom is -0.338 e. The summed E-state index contributed by atoms with van der Waals surface area (Å²) in [5.74, 6) is 1.36. The van der Waals surface area contributed by atoms with Crippen LogP contribution in [0.5, 0.6) is 0 Å². The minimum absolute atomic E-state index is 0.00425. The fourth-order valence-electron chi connectivity index (χ4n) is 3.51. The lowest BCUT2D eigenvalue weighted by molar-refractivity contribution is 0.0702. The zero-order valence-corrected chi connectivity index (χ0v) is 16.2. The summed E-state index contributed by atoms with van der Waals surface area (Å²) >= 11 is 5.98. The standard InChI is InChI=1S/C19H26ClN5O/c1-23(2)7-4-9-24-10-6-22-18(24)15-5-3-8-25(14-15)19(26)16-11-17(20)13-21-12-16/h6,10-13,15H,3-5,7-9,14H2,1-2H3. The number of hydrogen-bond donors (Lipinski definition) is 0. The molecular weight excluding hydrogens is 350 g/mol. The average Bonchev–Trinajstić information content (AvgIpc) is 3.09. The zero-order chi connectivity index (χ0) is 18.5. The summed E-state index contributed by atoms with van der Waals surface area (Å²) in [6.45, 7) is 3.46. The first kappa shape index (κ1) is 18.9. The number of rotatable bonds is 6. The smallest absolute Gasteiger partial charge is 0.255 e. The van der Waals surface area contributed by atoms with Gasteiger partial charge in [0.05, 0.1) is 10.6 Å². The van der Waals surface area contributed by atoms with Crippen molar-refractivity contribution in [2.45, 2.75) is 31.7 Å². The van der Waals surface area contributed by atoms with Gasteiger partial charge in [-0.05, 0) is 46.0 Å². The molecule has 0 saturated carbocycles. The van der Waals surface area contributed by atoms with Gasteiger partial charge in [-0.2, -0.15) is 0 Å². The quantitative estimate of drug-likeness (QED) is 0.779. The van der Waals surface area contributed by atoms with Crippen LogP contribution in [0.2, 0.25) is 5.02 Å². The number of pyridine rings is 1. The molecule has 1 aliphatic heterocycles. The molecule has 7 heteroatoms. The predicted octanol–water partition coefficient (Wildman–Crippen LogP) is 2.90. The molecule has 1 atom stereocenters. The van der Waals surface area contributed by atoms with E-state index in [1.165, 1.54) is 0 Å². The van der Waals surface area contributed by atoms with Gasteiger partial charge in [0.15, 0.2) is 0 Å². The summed E-state index contributed by atoms with van der Waals surface area (Å²) in [6, 6.07) is 1.68. The SMILES string of the molecule is CN(C)CCCn1ccnc1C1CCCN(C(=O)c2cncc(Cl)c2)C1. The Morgan fingerprint density at radius 3 is 3.00 bits per heavy atom. The molecule has 1 fully saturated rings. The van der Waals surface area contributed by atoms with Crippen molar-refractivity contribution in [1.82, 2.24) is 24.3 Å². The number of halogens is 1. The molecule has 140 valence electrons. The van der Waals surface area contributed by atoms with Gasteiger partial charge in [0.25, 0.3) is 5.91 Å². The Bertz CT molecular complexity index is 745. The fourth-order valence-corrected chi connectivity index (χ4v) is 3.68. The molecule has 0 aromatic carbocycles. The Morgan fingerprint density at radius 2 is 2.23 bits per heavy atom. The lowest BCUT2D eigenvalue weighted by Crippen LogP contribution is -2.39. The first-order chi connectivity index (χ1) is 12.5. The van der Waals surface area contributed by atoms with Crippen molar-refractivity contribution in [1.29, 1.82) is 0 Å². The van der Waals surface area contributed by atoms with Crippen LogP contribution < -0.4 is 0 Å². The highest BCUT2D eigenvalue weighted by Gasteiger charge is 2.28. The van der Waals surface area contributed by atoms with Crippen LogP contribution in [0.3, 0.4) is 0 Å². The van der Waals surface area contributed by atoms with Crippen LogP contribution in [-0.2, 0) is 6.54 Å². The van der Waals surface area contributed by atoms with Crippen molar-refractivity contribution in [2.75, 3.05) is 33.7 Å². The number of hydrogen-bond acceptors (Lipinski definition) is 4. The minimum atomic E-state index is -0.00425. The summed E-state index contributed by atoms with van der Waals surface area (Å²) < 4.78 is 2.24. The van der Waals surface area contributed by atoms with E-state index in [2.05, 4.69) is 33.5 Å². The van der Waals surface area contributed by atoms with E-state index in [0.29, 0.717) is 17.1 Å². The van der Waals surface area contributed by atoms with Gasteiger partial charge >= 0.3 is 0 Å². The lowest BCUT2D eigenvalue weighted by atomic mass is 9.96. The van der Waals surface area contributed by atoms with Gasteiger partial charge in [-0.1, -0.05) is 11.6 Å². The molecule has 0 spiro atoms. The van der Waals surface area contributed by atoms with E-state index >= 15 is 0 Å². The van der Waals surface area contributed by atoms with Crippen LogP contribution in [0.4, 0.5) is 0 Å². The molecule has 0 radical (unpaired) electrons. The van der Waals surface area contributed by atoms with Crippen LogP contribution >= 0.6 is 11.6 Å². The van der Waals surface area contributed by atoms with Gasteiger partial charge < -0.3 is 14.4 Å². The highest BCUT2D eigenvalue weighted by atomic mass is 35.5. The molecule has 0 aliphatic carbocycles. The van der Waals surface area contributed by atoms with E-state index < -0.39 is 0 Å². The number of carbonyl (C=O) groups is 1. The number of piperidine rings is 1. The van der Waals surface area contributed by atoms with Crippen LogP contribution in [0.15, 0.2) is 30.9 Å². The van der Waals surface area contributed by atoms with Crippen LogP contribution in [0.1, 0.15) is 41.4 Å². The molecule has 1 amide bonds. The Balaban J connectivity index is 1.67. The monoisotopic (exact) mass is 375 g/mol. The Labute approximate surface area is 159 Å². The van der Waals surface area contributed by atoms with Gasteiger partial charge in [0, 0.05) is 50.3 Å². The van der Waals surface area contributed by atoms with Crippen LogP contribution in [-0.4, -0.2) is 64.0 Å². The second-order valence-corrected chi connectivity index (χ2v) is 7.55. The molecular formula is C19H26ClN5O. The number of nitrogens with zero attached hydrogens (tertiary/aromatic N) is 5. The van der Waals surface area contributed by atoms with E-state index in [1.54, 1.807) is 18.5 Å². The van der Waals surface area contributed by atoms with Crippen molar-refractivity contribution in [3.8, 4) is 0 Å². The van der Waals surface area contributed by atoms with Crippen molar-refractivity contribution >= 4 is 17.5 Å². The zero-order valence-electron chi connectivity index (χ0n) is 15.4. The number of imidazole rings is 1. The summed E-state index contributed by atoms with van der Waals surface area (Å²) in [4.78, 5) is 25.5. The molecule has 26 heavy (non-hydrogen) atoms. The van der Waals surface area contributed by atoms with E-state index in [0.717, 1.165) is 44.7 Å². The summed E-state index contributed by atoms with van der Waals surface area (Å²) in [6.07, 6.45) is 10.2. The predicted molar refractivity (Wildman–Crippen MR) is 103 cm³/mol. The van der Waals surface area contributed by atoms with E-state index in [9.17, 15) is 4.79 Å². The third kappa shape index (κ3) is 4.62. The lowest BCUT2D eigenvalue weighted by Gasteiger charge is -2.32. The number of aromatic nitrogens is 3. The van der Waals surface area contributed by atoms with Crippen molar-refractivity contribution in [2.24, 2.45) is 0 Å². The maximum Gasteiger partial charge on any atom is 0.255 e. The average molecular weight is 376 g/mol. The number of amides is 1. The van der Waals surface area contributed by atoms with Crippen LogP contribution in [0, 0.1) is 0 Å². The summed E-state index contributed by atoms with van der Waals surface area (Å²) in [5, 5.41) is 0.487. The molecule has 1 unspecified atom stereocenters. The molecule has 1 aliphatic rings. The summed E-state index contributed by atoms with van der Waals surface area (Å²) in [5.41, 5.74) is 0.549. The maximum absolute atomic E-state index is 12.8. The van der Waals surface area contributed by atoms with Crippen molar-refractivity contribution < 1.29 is 4.79 Å². The number of likely N-dealkylation sites (tertiary alicyclic amines) is 1. The van der Waals surface area contributed by atoms with E-state index in [1.807, 2.05) is 17.3 Å². The summed E-state index contributed by atoms with van der Waals surface area (Å²) in [7, 11) is 4.17. The highest BCUT2D eigenvalue weighted by molar-refractivity contribution is 6.30. The molecule has 0 N–H and O–H groups in total. The van der Waals surface area contributed by atoms with Gasteiger partial charge in [-0.15, -0.1) is 0 Å². The van der Waals surface area contributed by atoms with Gasteiger partial charge in [-0.25, -0.2) is 4.98 Å². The number of aryl methyl sites for hydroxylation is 1. The Hall–Kier alpha value is -1.92. The first-order valence-electron chi connectivity index (χ1n) is 9.10. The molecule has 3 heterocycles. The largest absolute Gasteiger partial charge is 0.338 e. The topological polar surface area (TPSA) is 54.3 Å². The van der Waals surface area contributed by atoms with Crippen LogP contribution in [0.25, 0.3) is 0 Å². The number of carbonyl (C=O) groups excluding carboxylic acids is 1. The first-order valence-corrected chi connectivity index (χ1v) is 9.48. The fraction of sp³-hybridized carbons (Fsp3) is 0.526. The molecule has 2 aromatic rings. The second-order valence-electron chi connectivity index (χ2n) is 7.12. The van der Waals surface area contributed by atoms with Crippen molar-refractivity contribution in [3.63, 3.8) is 0 Å². The molecule has 1 saturated heterocycles. The van der Waals surface area contributed by atoms with E-state index in [-0.39, 0.29) is 11.8 Å². The Kier molecular flexibility index (Phi) is 6.27. The maximum atomic E-state index is 12.8. The van der Waals surface area contributed by atoms with E-state index in [4.69, 9.17) is 11.6 Å². The highest BCUT2D eigenvalue weighted by Crippen LogP contribution is 2.27.